The Morgan fingerprint density at radius 1 is 0.960 bits per heavy atom. The molecule has 0 saturated heterocycles. The van der Waals surface area contributed by atoms with Crippen LogP contribution < -0.4 is 4.74 Å². The SMILES string of the molecule is CC(C)Oc1cc(Cc2cc(F)cc(C(F)(F)C(F)F)c2)ccc1F. The second-order valence-corrected chi connectivity index (χ2v) is 5.88. The van der Waals surface area contributed by atoms with Crippen molar-refractivity contribution in [2.24, 2.45) is 0 Å². The van der Waals surface area contributed by atoms with Crippen LogP contribution in [0.25, 0.3) is 0 Å². The van der Waals surface area contributed by atoms with Crippen LogP contribution in [0.2, 0.25) is 0 Å². The highest BCUT2D eigenvalue weighted by atomic mass is 19.3. The molecule has 0 heterocycles. The molecule has 0 bridgehead atoms. The Hall–Kier alpha value is -2.18. The summed E-state index contributed by atoms with van der Waals surface area (Å²) < 4.78 is 84.4. The zero-order valence-electron chi connectivity index (χ0n) is 13.5. The van der Waals surface area contributed by atoms with Crippen molar-refractivity contribution in [1.82, 2.24) is 0 Å². The lowest BCUT2D eigenvalue weighted by molar-refractivity contribution is -0.135. The number of rotatable bonds is 6. The van der Waals surface area contributed by atoms with Gasteiger partial charge in [-0.25, -0.2) is 17.6 Å². The van der Waals surface area contributed by atoms with Gasteiger partial charge in [-0.15, -0.1) is 0 Å². The molecule has 0 atom stereocenters. The summed E-state index contributed by atoms with van der Waals surface area (Å²) in [6.45, 7) is 3.41. The second-order valence-electron chi connectivity index (χ2n) is 5.88. The van der Waals surface area contributed by atoms with Crippen LogP contribution in [-0.2, 0) is 12.3 Å². The van der Waals surface area contributed by atoms with E-state index < -0.39 is 29.5 Å². The van der Waals surface area contributed by atoms with Crippen molar-refractivity contribution < 1.29 is 31.1 Å². The Kier molecular flexibility index (Phi) is 5.65. The highest BCUT2D eigenvalue weighted by Crippen LogP contribution is 2.35. The lowest BCUT2D eigenvalue weighted by atomic mass is 9.99. The van der Waals surface area contributed by atoms with Crippen molar-refractivity contribution >= 4 is 0 Å². The molecule has 0 unspecified atom stereocenters. The maximum atomic E-state index is 13.7. The fourth-order valence-electron chi connectivity index (χ4n) is 2.31. The molecular weight excluding hydrogens is 346 g/mol. The topological polar surface area (TPSA) is 9.23 Å². The minimum atomic E-state index is -4.45. The molecule has 136 valence electrons. The van der Waals surface area contributed by atoms with Gasteiger partial charge in [-0.3, -0.25) is 0 Å². The van der Waals surface area contributed by atoms with Gasteiger partial charge in [-0.1, -0.05) is 6.07 Å². The minimum Gasteiger partial charge on any atom is -0.488 e. The van der Waals surface area contributed by atoms with Crippen molar-refractivity contribution in [3.8, 4) is 5.75 Å². The molecule has 0 aliphatic rings. The van der Waals surface area contributed by atoms with Gasteiger partial charge < -0.3 is 4.74 Å². The average molecular weight is 362 g/mol. The number of hydrogen-bond donors (Lipinski definition) is 0. The highest BCUT2D eigenvalue weighted by molar-refractivity contribution is 5.36. The summed E-state index contributed by atoms with van der Waals surface area (Å²) in [5, 5.41) is 0. The Morgan fingerprint density at radius 3 is 2.24 bits per heavy atom. The first-order chi connectivity index (χ1) is 11.6. The van der Waals surface area contributed by atoms with Crippen LogP contribution in [0.5, 0.6) is 5.75 Å². The smallest absolute Gasteiger partial charge is 0.332 e. The van der Waals surface area contributed by atoms with Gasteiger partial charge >= 0.3 is 12.3 Å². The zero-order valence-corrected chi connectivity index (χ0v) is 13.5. The number of benzene rings is 2. The first-order valence-electron chi connectivity index (χ1n) is 7.50. The predicted octanol–water partition coefficient (Wildman–Crippen LogP) is 5.70. The maximum Gasteiger partial charge on any atom is 0.332 e. The fraction of sp³-hybridized carbons (Fsp3) is 0.333. The first kappa shape index (κ1) is 19.1. The molecule has 0 amide bonds. The lowest BCUT2D eigenvalue weighted by Crippen LogP contribution is -2.23. The molecule has 0 saturated carbocycles. The van der Waals surface area contributed by atoms with Gasteiger partial charge in [0.25, 0.3) is 0 Å². The first-order valence-corrected chi connectivity index (χ1v) is 7.50. The van der Waals surface area contributed by atoms with Crippen LogP contribution in [0, 0.1) is 11.6 Å². The molecule has 25 heavy (non-hydrogen) atoms. The monoisotopic (exact) mass is 362 g/mol. The Bertz CT molecular complexity index is 742. The number of halogens is 6. The largest absolute Gasteiger partial charge is 0.488 e. The maximum absolute atomic E-state index is 13.7. The molecule has 0 aliphatic heterocycles. The van der Waals surface area contributed by atoms with E-state index >= 15 is 0 Å². The van der Waals surface area contributed by atoms with Crippen molar-refractivity contribution in [3.05, 3.63) is 64.7 Å². The van der Waals surface area contributed by atoms with E-state index in [1.165, 1.54) is 12.1 Å². The summed E-state index contributed by atoms with van der Waals surface area (Å²) in [7, 11) is 0. The van der Waals surface area contributed by atoms with Crippen LogP contribution in [0.15, 0.2) is 36.4 Å². The normalized spacial score (nSPS) is 12.1. The molecule has 0 radical (unpaired) electrons. The van der Waals surface area contributed by atoms with Crippen LogP contribution >= 0.6 is 0 Å². The van der Waals surface area contributed by atoms with Gasteiger partial charge in [0.05, 0.1) is 6.10 Å². The fourth-order valence-corrected chi connectivity index (χ4v) is 2.31. The summed E-state index contributed by atoms with van der Waals surface area (Å²) in [4.78, 5) is 0. The average Bonchev–Trinajstić information content (AvgIpc) is 2.49. The highest BCUT2D eigenvalue weighted by Gasteiger charge is 2.43. The van der Waals surface area contributed by atoms with E-state index in [0.717, 1.165) is 18.2 Å². The third-order valence-corrected chi connectivity index (χ3v) is 3.38. The third-order valence-electron chi connectivity index (χ3n) is 3.38. The van der Waals surface area contributed by atoms with Gasteiger partial charge in [-0.05, 0) is 61.7 Å². The lowest BCUT2D eigenvalue weighted by Gasteiger charge is -2.17. The van der Waals surface area contributed by atoms with Crippen molar-refractivity contribution in [1.29, 1.82) is 0 Å². The summed E-state index contributed by atoms with van der Waals surface area (Å²) in [6, 6.07) is 6.07. The van der Waals surface area contributed by atoms with Gasteiger partial charge in [0, 0.05) is 5.56 Å². The van der Waals surface area contributed by atoms with E-state index in [9.17, 15) is 26.3 Å². The molecule has 2 aromatic rings. The third kappa shape index (κ3) is 4.67. The van der Waals surface area contributed by atoms with Gasteiger partial charge in [-0.2, -0.15) is 8.78 Å². The molecule has 0 spiro atoms. The quantitative estimate of drug-likeness (QED) is 0.599. The summed E-state index contributed by atoms with van der Waals surface area (Å²) in [6.07, 6.45) is -4.27. The van der Waals surface area contributed by atoms with E-state index in [0.29, 0.717) is 11.6 Å². The van der Waals surface area contributed by atoms with E-state index in [-0.39, 0.29) is 23.8 Å². The Balaban J connectivity index is 2.33. The van der Waals surface area contributed by atoms with Gasteiger partial charge in [0.1, 0.15) is 5.82 Å². The second kappa shape index (κ2) is 7.37. The standard InChI is InChI=1S/C18H16F6O/c1-10(2)25-16-8-11(3-4-15(16)20)5-12-6-13(9-14(19)7-12)18(23,24)17(21)22/h3-4,6-10,17H,5H2,1-2H3. The molecule has 1 nitrogen and oxygen atoms in total. The number of ether oxygens (including phenoxy) is 1. The number of alkyl halides is 4. The predicted molar refractivity (Wildman–Crippen MR) is 81.3 cm³/mol. The molecule has 0 aliphatic carbocycles. The van der Waals surface area contributed by atoms with Crippen LogP contribution in [0.1, 0.15) is 30.5 Å². The van der Waals surface area contributed by atoms with E-state index in [1.807, 2.05) is 0 Å². The molecular formula is C18H16F6O. The Labute approximate surface area is 141 Å². The Morgan fingerprint density at radius 2 is 1.64 bits per heavy atom. The van der Waals surface area contributed by atoms with Crippen LogP contribution in [0.3, 0.4) is 0 Å². The van der Waals surface area contributed by atoms with Gasteiger partial charge in [0.15, 0.2) is 11.6 Å². The van der Waals surface area contributed by atoms with Crippen molar-refractivity contribution in [2.75, 3.05) is 0 Å². The van der Waals surface area contributed by atoms with E-state index in [1.54, 1.807) is 13.8 Å². The van der Waals surface area contributed by atoms with E-state index in [4.69, 9.17) is 4.74 Å². The zero-order chi connectivity index (χ0) is 18.8. The molecule has 7 heteroatoms. The van der Waals surface area contributed by atoms with Crippen LogP contribution in [-0.4, -0.2) is 12.5 Å². The molecule has 0 fully saturated rings. The molecule has 0 N–H and O–H groups in total. The summed E-state index contributed by atoms with van der Waals surface area (Å²) >= 11 is 0. The van der Waals surface area contributed by atoms with Gasteiger partial charge in [0.2, 0.25) is 0 Å². The number of hydrogen-bond acceptors (Lipinski definition) is 1. The molecule has 2 aromatic carbocycles. The summed E-state index contributed by atoms with van der Waals surface area (Å²) in [5.74, 6) is -6.12. The van der Waals surface area contributed by atoms with E-state index in [2.05, 4.69) is 0 Å². The van der Waals surface area contributed by atoms with Crippen molar-refractivity contribution in [2.45, 2.75) is 38.7 Å². The minimum absolute atomic E-state index is 0.0259. The molecule has 0 aromatic heterocycles. The molecule has 2 rings (SSSR count). The summed E-state index contributed by atoms with van der Waals surface area (Å²) in [5.41, 5.74) is -0.565. The van der Waals surface area contributed by atoms with Crippen LogP contribution in [0.4, 0.5) is 26.3 Å². The van der Waals surface area contributed by atoms with Crippen molar-refractivity contribution in [3.63, 3.8) is 0 Å².